The summed E-state index contributed by atoms with van der Waals surface area (Å²) in [5.41, 5.74) is 1.40. The fraction of sp³-hybridized carbons (Fsp3) is 0.833. The fourth-order valence-electron chi connectivity index (χ4n) is 2.43. The van der Waals surface area contributed by atoms with E-state index in [2.05, 4.69) is 27.4 Å². The first-order valence-electron chi connectivity index (χ1n) is 5.30. The van der Waals surface area contributed by atoms with Crippen LogP contribution in [-0.4, -0.2) is 0 Å². The lowest BCUT2D eigenvalue weighted by Gasteiger charge is -2.34. The van der Waals surface area contributed by atoms with Gasteiger partial charge in [-0.15, -0.1) is 0 Å². The van der Waals surface area contributed by atoms with E-state index in [9.17, 15) is 0 Å². The molecule has 0 saturated heterocycles. The molecular weight excluding hydrogens is 144 g/mol. The van der Waals surface area contributed by atoms with Gasteiger partial charge in [-0.05, 0) is 43.9 Å². The van der Waals surface area contributed by atoms with Crippen molar-refractivity contribution in [1.29, 1.82) is 0 Å². The molecule has 0 N–H and O–H groups in total. The van der Waals surface area contributed by atoms with Crippen molar-refractivity contribution in [3.05, 3.63) is 12.2 Å². The van der Waals surface area contributed by atoms with Gasteiger partial charge >= 0.3 is 0 Å². The van der Waals surface area contributed by atoms with Gasteiger partial charge in [0.25, 0.3) is 0 Å². The second-order valence-electron chi connectivity index (χ2n) is 4.50. The molecule has 1 aliphatic rings. The Kier molecular flexibility index (Phi) is 3.37. The molecule has 1 aliphatic carbocycles. The minimum Gasteiger partial charge on any atom is -0.0999 e. The van der Waals surface area contributed by atoms with Gasteiger partial charge in [0.2, 0.25) is 0 Å². The molecule has 0 aromatic rings. The summed E-state index contributed by atoms with van der Waals surface area (Å²) in [5.74, 6) is 2.73. The summed E-state index contributed by atoms with van der Waals surface area (Å²) < 4.78 is 0. The lowest BCUT2D eigenvalue weighted by molar-refractivity contribution is 0.207. The number of allylic oxidation sites excluding steroid dienone is 1. The third kappa shape index (κ3) is 2.12. The molecule has 0 heterocycles. The summed E-state index contributed by atoms with van der Waals surface area (Å²) in [6.07, 6.45) is 5.54. The second kappa shape index (κ2) is 4.11. The molecule has 0 amide bonds. The molecule has 0 aromatic carbocycles. The molecule has 1 fully saturated rings. The maximum Gasteiger partial charge on any atom is -0.0206 e. The quantitative estimate of drug-likeness (QED) is 0.543. The van der Waals surface area contributed by atoms with Gasteiger partial charge in [-0.2, -0.15) is 0 Å². The number of hydrogen-bond donors (Lipinski definition) is 0. The van der Waals surface area contributed by atoms with Crippen molar-refractivity contribution in [2.45, 2.75) is 46.5 Å². The van der Waals surface area contributed by atoms with E-state index in [0.717, 1.165) is 17.8 Å². The molecular formula is C12H22. The van der Waals surface area contributed by atoms with Crippen LogP contribution in [0.2, 0.25) is 0 Å². The molecule has 0 aliphatic heterocycles. The molecule has 70 valence electrons. The van der Waals surface area contributed by atoms with Crippen LogP contribution in [0, 0.1) is 17.8 Å². The van der Waals surface area contributed by atoms with Crippen LogP contribution >= 0.6 is 0 Å². The number of rotatable bonds is 2. The third-order valence-corrected chi connectivity index (χ3v) is 3.58. The van der Waals surface area contributed by atoms with Crippen molar-refractivity contribution in [3.63, 3.8) is 0 Å². The average Bonchev–Trinajstić information content (AvgIpc) is 2.05. The van der Waals surface area contributed by atoms with Crippen molar-refractivity contribution in [1.82, 2.24) is 0 Å². The summed E-state index contributed by atoms with van der Waals surface area (Å²) >= 11 is 0. The Morgan fingerprint density at radius 3 is 2.58 bits per heavy atom. The van der Waals surface area contributed by atoms with Crippen molar-refractivity contribution >= 4 is 0 Å². The third-order valence-electron chi connectivity index (χ3n) is 3.58. The molecule has 1 saturated carbocycles. The highest BCUT2D eigenvalue weighted by molar-refractivity contribution is 4.99. The van der Waals surface area contributed by atoms with Crippen molar-refractivity contribution in [2.75, 3.05) is 0 Å². The average molecular weight is 166 g/mol. The Morgan fingerprint density at radius 1 is 1.42 bits per heavy atom. The monoisotopic (exact) mass is 166 g/mol. The lowest BCUT2D eigenvalue weighted by Crippen LogP contribution is -2.22. The molecule has 0 aromatic heterocycles. The molecule has 0 radical (unpaired) electrons. The van der Waals surface area contributed by atoms with E-state index in [1.54, 1.807) is 0 Å². The van der Waals surface area contributed by atoms with Gasteiger partial charge in [-0.25, -0.2) is 0 Å². The number of hydrogen-bond acceptors (Lipinski definition) is 0. The fourth-order valence-corrected chi connectivity index (χ4v) is 2.43. The van der Waals surface area contributed by atoms with Crippen molar-refractivity contribution in [3.8, 4) is 0 Å². The van der Waals surface area contributed by atoms with Crippen LogP contribution in [0.1, 0.15) is 46.5 Å². The standard InChI is InChI=1S/C12H22/c1-5-11-8-12(9(2)3)7-6-10(11)4/h10-12H,2,5-8H2,1,3-4H3/t10-,11-,12-/m1/s1. The molecule has 0 nitrogen and oxygen atoms in total. The zero-order chi connectivity index (χ0) is 9.14. The summed E-state index contributed by atoms with van der Waals surface area (Å²) in [4.78, 5) is 0. The first kappa shape index (κ1) is 9.83. The normalized spacial score (nSPS) is 36.4. The Hall–Kier alpha value is -0.260. The maximum absolute atomic E-state index is 4.07. The highest BCUT2D eigenvalue weighted by atomic mass is 14.3. The van der Waals surface area contributed by atoms with Gasteiger partial charge in [0.1, 0.15) is 0 Å². The minimum atomic E-state index is 0.825. The van der Waals surface area contributed by atoms with Crippen molar-refractivity contribution < 1.29 is 0 Å². The Labute approximate surface area is 77.1 Å². The van der Waals surface area contributed by atoms with Crippen LogP contribution in [0.3, 0.4) is 0 Å². The first-order valence-corrected chi connectivity index (χ1v) is 5.30. The predicted molar refractivity (Wildman–Crippen MR) is 55.1 cm³/mol. The highest BCUT2D eigenvalue weighted by Gasteiger charge is 2.26. The van der Waals surface area contributed by atoms with E-state index in [1.807, 2.05) is 0 Å². The Bertz CT molecular complexity index is 157. The topological polar surface area (TPSA) is 0 Å². The van der Waals surface area contributed by atoms with Gasteiger partial charge in [0, 0.05) is 0 Å². The van der Waals surface area contributed by atoms with Crippen LogP contribution < -0.4 is 0 Å². The van der Waals surface area contributed by atoms with E-state index in [0.29, 0.717) is 0 Å². The van der Waals surface area contributed by atoms with Crippen LogP contribution in [-0.2, 0) is 0 Å². The van der Waals surface area contributed by atoms with Gasteiger partial charge in [0.15, 0.2) is 0 Å². The van der Waals surface area contributed by atoms with Gasteiger partial charge in [0.05, 0.1) is 0 Å². The molecule has 12 heavy (non-hydrogen) atoms. The molecule has 0 heteroatoms. The summed E-state index contributed by atoms with van der Waals surface area (Å²) in [6, 6.07) is 0. The minimum absolute atomic E-state index is 0.825. The van der Waals surface area contributed by atoms with E-state index in [1.165, 1.54) is 31.3 Å². The smallest absolute Gasteiger partial charge is 0.0206 e. The molecule has 0 bridgehead atoms. The first-order chi connectivity index (χ1) is 5.65. The van der Waals surface area contributed by atoms with E-state index >= 15 is 0 Å². The Morgan fingerprint density at radius 2 is 2.08 bits per heavy atom. The largest absolute Gasteiger partial charge is 0.0999 e. The van der Waals surface area contributed by atoms with E-state index in [4.69, 9.17) is 0 Å². The summed E-state index contributed by atoms with van der Waals surface area (Å²) in [7, 11) is 0. The lowest BCUT2D eigenvalue weighted by atomic mass is 9.72. The van der Waals surface area contributed by atoms with Crippen LogP contribution in [0.25, 0.3) is 0 Å². The molecule has 0 unspecified atom stereocenters. The van der Waals surface area contributed by atoms with Gasteiger partial charge < -0.3 is 0 Å². The molecule has 3 atom stereocenters. The zero-order valence-electron chi connectivity index (χ0n) is 8.77. The predicted octanol–water partition coefficient (Wildman–Crippen LogP) is 4.02. The maximum atomic E-state index is 4.07. The van der Waals surface area contributed by atoms with Crippen LogP contribution in [0.4, 0.5) is 0 Å². The summed E-state index contributed by atoms with van der Waals surface area (Å²) in [6.45, 7) is 11.0. The van der Waals surface area contributed by atoms with Gasteiger partial charge in [-0.1, -0.05) is 32.4 Å². The van der Waals surface area contributed by atoms with Gasteiger partial charge in [-0.3, -0.25) is 0 Å². The van der Waals surface area contributed by atoms with Crippen LogP contribution in [0.5, 0.6) is 0 Å². The molecule has 1 rings (SSSR count). The summed E-state index contributed by atoms with van der Waals surface area (Å²) in [5, 5.41) is 0. The second-order valence-corrected chi connectivity index (χ2v) is 4.50. The highest BCUT2D eigenvalue weighted by Crippen LogP contribution is 2.37. The zero-order valence-corrected chi connectivity index (χ0v) is 8.77. The van der Waals surface area contributed by atoms with Crippen molar-refractivity contribution in [2.24, 2.45) is 17.8 Å². The van der Waals surface area contributed by atoms with Crippen LogP contribution in [0.15, 0.2) is 12.2 Å². The van der Waals surface area contributed by atoms with E-state index in [-0.39, 0.29) is 0 Å². The Balaban J connectivity index is 2.49. The SMILES string of the molecule is C=C(C)[C@@H]1CC[C@@H](C)[C@H](CC)C1. The van der Waals surface area contributed by atoms with E-state index < -0.39 is 0 Å². The molecule has 0 spiro atoms.